The van der Waals surface area contributed by atoms with Gasteiger partial charge in [0.2, 0.25) is 5.91 Å². The maximum absolute atomic E-state index is 12.2. The number of piperidine rings is 1. The van der Waals surface area contributed by atoms with E-state index in [-0.39, 0.29) is 5.91 Å². The average molecular weight is 315 g/mol. The summed E-state index contributed by atoms with van der Waals surface area (Å²) < 4.78 is 0. The summed E-state index contributed by atoms with van der Waals surface area (Å²) in [5.41, 5.74) is 1.30. The maximum Gasteiger partial charge on any atom is 0.234 e. The molecule has 4 heteroatoms. The van der Waals surface area contributed by atoms with Gasteiger partial charge < -0.3 is 10.2 Å². The lowest BCUT2D eigenvalue weighted by Crippen LogP contribution is -2.43. The number of nitrogens with one attached hydrogen (secondary N) is 1. The van der Waals surface area contributed by atoms with Crippen LogP contribution in [0.5, 0.6) is 0 Å². The molecule has 3 rings (SSSR count). The van der Waals surface area contributed by atoms with E-state index >= 15 is 0 Å². The maximum atomic E-state index is 12.2. The first-order valence-electron chi connectivity index (χ1n) is 9.00. The third kappa shape index (κ3) is 4.71. The number of carbonyl (C=O) groups is 1. The van der Waals surface area contributed by atoms with Crippen LogP contribution in [0.1, 0.15) is 26.2 Å². The fourth-order valence-electron chi connectivity index (χ4n) is 3.82. The summed E-state index contributed by atoms with van der Waals surface area (Å²) in [6.07, 6.45) is 3.69. The normalized spacial score (nSPS) is 25.5. The number of carbonyl (C=O) groups excluding carboxylic acids is 1. The number of hydrogen-bond donors (Lipinski definition) is 1. The van der Waals surface area contributed by atoms with E-state index in [1.807, 2.05) is 0 Å². The second-order valence-corrected chi connectivity index (χ2v) is 7.22. The summed E-state index contributed by atoms with van der Waals surface area (Å²) in [4.78, 5) is 16.9. The quantitative estimate of drug-likeness (QED) is 0.906. The SMILES string of the molecule is CC1CCCN(CC(=O)NCC2CCN(c3ccccc3)C2)C1. The molecule has 2 heterocycles. The Kier molecular flexibility index (Phi) is 5.55. The Morgan fingerprint density at radius 3 is 2.78 bits per heavy atom. The highest BCUT2D eigenvalue weighted by Gasteiger charge is 2.24. The number of amides is 1. The molecule has 2 fully saturated rings. The van der Waals surface area contributed by atoms with Gasteiger partial charge in [0.1, 0.15) is 0 Å². The Bertz CT molecular complexity index is 505. The Morgan fingerprint density at radius 2 is 2.00 bits per heavy atom. The molecular weight excluding hydrogens is 286 g/mol. The zero-order valence-electron chi connectivity index (χ0n) is 14.2. The zero-order valence-corrected chi connectivity index (χ0v) is 14.2. The lowest BCUT2D eigenvalue weighted by Gasteiger charge is -2.30. The first-order chi connectivity index (χ1) is 11.2. The Balaban J connectivity index is 1.38. The molecule has 0 bridgehead atoms. The van der Waals surface area contributed by atoms with Crippen molar-refractivity contribution in [3.8, 4) is 0 Å². The number of likely N-dealkylation sites (tertiary alicyclic amines) is 1. The second-order valence-electron chi connectivity index (χ2n) is 7.22. The lowest BCUT2D eigenvalue weighted by atomic mass is 10.0. The van der Waals surface area contributed by atoms with E-state index < -0.39 is 0 Å². The minimum Gasteiger partial charge on any atom is -0.371 e. The van der Waals surface area contributed by atoms with Gasteiger partial charge in [-0.25, -0.2) is 0 Å². The molecule has 2 atom stereocenters. The van der Waals surface area contributed by atoms with Crippen molar-refractivity contribution >= 4 is 11.6 Å². The number of para-hydroxylation sites is 1. The van der Waals surface area contributed by atoms with Crippen molar-refractivity contribution in [2.75, 3.05) is 44.2 Å². The fraction of sp³-hybridized carbons (Fsp3) is 0.632. The summed E-state index contributed by atoms with van der Waals surface area (Å²) in [6, 6.07) is 10.6. The Hall–Kier alpha value is -1.55. The number of nitrogens with zero attached hydrogens (tertiary/aromatic N) is 2. The van der Waals surface area contributed by atoms with Gasteiger partial charge in [-0.2, -0.15) is 0 Å². The summed E-state index contributed by atoms with van der Waals surface area (Å²) in [7, 11) is 0. The molecule has 2 aliphatic heterocycles. The minimum atomic E-state index is 0.192. The van der Waals surface area contributed by atoms with E-state index in [0.717, 1.165) is 45.1 Å². The number of anilines is 1. The molecule has 1 aromatic carbocycles. The third-order valence-electron chi connectivity index (χ3n) is 5.10. The fourth-order valence-corrected chi connectivity index (χ4v) is 3.82. The van der Waals surface area contributed by atoms with E-state index in [2.05, 4.69) is 52.4 Å². The minimum absolute atomic E-state index is 0.192. The third-order valence-corrected chi connectivity index (χ3v) is 5.10. The highest BCUT2D eigenvalue weighted by atomic mass is 16.2. The molecule has 0 radical (unpaired) electrons. The zero-order chi connectivity index (χ0) is 16.1. The molecular formula is C19H29N3O. The molecule has 0 saturated carbocycles. The van der Waals surface area contributed by atoms with Crippen LogP contribution in [0.25, 0.3) is 0 Å². The summed E-state index contributed by atoms with van der Waals surface area (Å²) in [5.74, 6) is 1.49. The van der Waals surface area contributed by atoms with E-state index in [4.69, 9.17) is 0 Å². The van der Waals surface area contributed by atoms with Crippen LogP contribution >= 0.6 is 0 Å². The molecule has 2 saturated heterocycles. The van der Waals surface area contributed by atoms with Crippen molar-refractivity contribution in [1.82, 2.24) is 10.2 Å². The lowest BCUT2D eigenvalue weighted by molar-refractivity contribution is -0.122. The molecule has 1 aromatic rings. The number of hydrogen-bond acceptors (Lipinski definition) is 3. The van der Waals surface area contributed by atoms with Crippen LogP contribution in [-0.4, -0.2) is 50.1 Å². The van der Waals surface area contributed by atoms with Gasteiger partial charge in [0.15, 0.2) is 0 Å². The smallest absolute Gasteiger partial charge is 0.234 e. The van der Waals surface area contributed by atoms with Crippen molar-refractivity contribution < 1.29 is 4.79 Å². The van der Waals surface area contributed by atoms with Crippen molar-refractivity contribution in [1.29, 1.82) is 0 Å². The molecule has 126 valence electrons. The predicted molar refractivity (Wildman–Crippen MR) is 94.6 cm³/mol. The van der Waals surface area contributed by atoms with E-state index in [9.17, 15) is 4.79 Å². The van der Waals surface area contributed by atoms with Crippen molar-refractivity contribution in [3.63, 3.8) is 0 Å². The topological polar surface area (TPSA) is 35.6 Å². The predicted octanol–water partition coefficient (Wildman–Crippen LogP) is 2.36. The van der Waals surface area contributed by atoms with Crippen LogP contribution in [0, 0.1) is 11.8 Å². The van der Waals surface area contributed by atoms with Crippen LogP contribution in [-0.2, 0) is 4.79 Å². The molecule has 1 amide bonds. The van der Waals surface area contributed by atoms with Crippen LogP contribution in [0.3, 0.4) is 0 Å². The summed E-state index contributed by atoms with van der Waals surface area (Å²) >= 11 is 0. The standard InChI is InChI=1S/C19H29N3O/c1-16-6-5-10-21(13-16)15-19(23)20-12-17-9-11-22(14-17)18-7-3-2-4-8-18/h2-4,7-8,16-17H,5-6,9-15H2,1H3,(H,20,23). The van der Waals surface area contributed by atoms with Crippen LogP contribution < -0.4 is 10.2 Å². The molecule has 0 aromatic heterocycles. The van der Waals surface area contributed by atoms with Gasteiger partial charge in [-0.3, -0.25) is 9.69 Å². The molecule has 4 nitrogen and oxygen atoms in total. The molecule has 0 aliphatic carbocycles. The summed E-state index contributed by atoms with van der Waals surface area (Å²) in [6.45, 7) is 7.94. The Labute approximate surface area is 139 Å². The molecule has 1 N–H and O–H groups in total. The molecule has 2 aliphatic rings. The van der Waals surface area contributed by atoms with Gasteiger partial charge in [-0.05, 0) is 49.8 Å². The second kappa shape index (κ2) is 7.82. The van der Waals surface area contributed by atoms with Gasteiger partial charge >= 0.3 is 0 Å². The van der Waals surface area contributed by atoms with E-state index in [0.29, 0.717) is 12.5 Å². The van der Waals surface area contributed by atoms with Gasteiger partial charge in [0.25, 0.3) is 0 Å². The molecule has 2 unspecified atom stereocenters. The van der Waals surface area contributed by atoms with E-state index in [1.165, 1.54) is 18.5 Å². The average Bonchev–Trinajstić information content (AvgIpc) is 3.03. The van der Waals surface area contributed by atoms with Crippen molar-refractivity contribution in [2.45, 2.75) is 26.2 Å². The molecule has 0 spiro atoms. The summed E-state index contributed by atoms with van der Waals surface area (Å²) in [5, 5.41) is 3.15. The monoisotopic (exact) mass is 315 g/mol. The largest absolute Gasteiger partial charge is 0.371 e. The van der Waals surface area contributed by atoms with E-state index in [1.54, 1.807) is 0 Å². The van der Waals surface area contributed by atoms with Crippen molar-refractivity contribution in [3.05, 3.63) is 30.3 Å². The molecule has 23 heavy (non-hydrogen) atoms. The van der Waals surface area contributed by atoms with Gasteiger partial charge in [-0.15, -0.1) is 0 Å². The van der Waals surface area contributed by atoms with Crippen molar-refractivity contribution in [2.24, 2.45) is 11.8 Å². The van der Waals surface area contributed by atoms with Gasteiger partial charge in [0.05, 0.1) is 6.54 Å². The first kappa shape index (κ1) is 16.3. The van der Waals surface area contributed by atoms with Crippen LogP contribution in [0.15, 0.2) is 30.3 Å². The highest BCUT2D eigenvalue weighted by Crippen LogP contribution is 2.23. The first-order valence-corrected chi connectivity index (χ1v) is 9.00. The van der Waals surface area contributed by atoms with Crippen LogP contribution in [0.4, 0.5) is 5.69 Å². The Morgan fingerprint density at radius 1 is 1.17 bits per heavy atom. The highest BCUT2D eigenvalue weighted by molar-refractivity contribution is 5.78. The van der Waals surface area contributed by atoms with Crippen LogP contribution in [0.2, 0.25) is 0 Å². The van der Waals surface area contributed by atoms with Gasteiger partial charge in [-0.1, -0.05) is 25.1 Å². The number of benzene rings is 1. The number of rotatable bonds is 5. The van der Waals surface area contributed by atoms with Gasteiger partial charge in [0, 0.05) is 31.9 Å².